The number of fused-ring (bicyclic) bond motifs is 8. The van der Waals surface area contributed by atoms with E-state index in [-0.39, 0.29) is 11.8 Å². The molecule has 8 bridgehead atoms. The molecule has 0 amide bonds. The molecule has 0 saturated heterocycles. The van der Waals surface area contributed by atoms with Crippen LogP contribution in [0.15, 0.2) is 24.3 Å². The zero-order valence-electron chi connectivity index (χ0n) is 26.9. The molecule has 226 valence electrons. The second-order valence-corrected chi connectivity index (χ2v) is 12.1. The Kier molecular flexibility index (Phi) is 8.43. The summed E-state index contributed by atoms with van der Waals surface area (Å²) < 4.78 is 0. The smallest absolute Gasteiger partial charge is 0.140 e. The molecule has 0 radical (unpaired) electrons. The number of aromatic amines is 2. The van der Waals surface area contributed by atoms with E-state index in [1.54, 1.807) is 0 Å². The highest BCUT2D eigenvalue weighted by Crippen LogP contribution is 2.49. The Morgan fingerprint density at radius 1 is 0.548 bits per heavy atom. The number of nitrogens with one attached hydrogen (secondary N) is 2. The van der Waals surface area contributed by atoms with Crippen molar-refractivity contribution in [2.45, 2.75) is 130 Å². The van der Waals surface area contributed by atoms with E-state index < -0.39 is 11.2 Å². The van der Waals surface area contributed by atoms with Crippen molar-refractivity contribution in [1.82, 2.24) is 19.9 Å². The third kappa shape index (κ3) is 4.44. The standard InChI is InChI=1S/C36H50N4O2/c1-9-21-22(10-2)28-18-30-24(12-4)26(14-6)32(39-30)20-34-36(42,16-8)35(41,15-7)33(40-34)19-31-25(13-5)23(11-3)29(38-31)17-27(21)37-28/h17-20,23,25,37,39,41-42H,9-16H2,1-8H3. The zero-order chi connectivity index (χ0) is 30.4. The molecule has 6 heteroatoms. The van der Waals surface area contributed by atoms with Gasteiger partial charge in [0.25, 0.3) is 0 Å². The van der Waals surface area contributed by atoms with Crippen molar-refractivity contribution in [2.24, 2.45) is 0 Å². The maximum absolute atomic E-state index is 12.2. The van der Waals surface area contributed by atoms with Crippen LogP contribution in [-0.4, -0.2) is 30.1 Å². The van der Waals surface area contributed by atoms with Crippen LogP contribution in [0.2, 0.25) is 0 Å². The second kappa shape index (κ2) is 11.6. The van der Waals surface area contributed by atoms with Gasteiger partial charge in [-0.05, 0) is 97.9 Å². The van der Waals surface area contributed by atoms with Gasteiger partial charge in [0.05, 0.1) is 11.4 Å². The number of H-pyrrole nitrogens is 2. The van der Waals surface area contributed by atoms with Crippen LogP contribution in [0.3, 0.4) is 0 Å². The second-order valence-electron chi connectivity index (χ2n) is 12.1. The summed E-state index contributed by atoms with van der Waals surface area (Å²) in [4.78, 5) is 17.8. The van der Waals surface area contributed by atoms with Crippen molar-refractivity contribution in [1.29, 1.82) is 0 Å². The molecule has 5 rings (SSSR count). The lowest BCUT2D eigenvalue weighted by Crippen LogP contribution is -2.45. The minimum Gasteiger partial charge on any atom is -0.380 e. The molecule has 3 aromatic rings. The average molecular weight is 571 g/mol. The highest BCUT2D eigenvalue weighted by Gasteiger charge is 2.55. The quantitative estimate of drug-likeness (QED) is 0.220. The summed E-state index contributed by atoms with van der Waals surface area (Å²) in [6.45, 7) is 17.2. The van der Waals surface area contributed by atoms with Crippen molar-refractivity contribution < 1.29 is 10.2 Å². The van der Waals surface area contributed by atoms with E-state index in [1.165, 1.54) is 22.3 Å². The Hall–Kier alpha value is -2.96. The fraction of sp³-hybridized carbons (Fsp3) is 0.556. The number of hydrogen-bond donors (Lipinski definition) is 4. The number of nitrogens with zero attached hydrogens (tertiary/aromatic N) is 2. The van der Waals surface area contributed by atoms with Crippen molar-refractivity contribution >= 4 is 22.1 Å². The summed E-state index contributed by atoms with van der Waals surface area (Å²) in [5, 5.41) is 24.3. The van der Waals surface area contributed by atoms with Gasteiger partial charge in [0.15, 0.2) is 0 Å². The predicted molar refractivity (Wildman–Crippen MR) is 173 cm³/mol. The molecule has 42 heavy (non-hydrogen) atoms. The average Bonchev–Trinajstić information content (AvgIpc) is 3.68. The van der Waals surface area contributed by atoms with Gasteiger partial charge >= 0.3 is 0 Å². The minimum absolute atomic E-state index is 0.226. The van der Waals surface area contributed by atoms with E-state index >= 15 is 0 Å². The molecule has 4 atom stereocenters. The molecule has 2 aliphatic rings. The Morgan fingerprint density at radius 2 is 0.929 bits per heavy atom. The first-order valence-electron chi connectivity index (χ1n) is 16.4. The van der Waals surface area contributed by atoms with Gasteiger partial charge in [-0.1, -0.05) is 55.4 Å². The molecule has 5 heterocycles. The van der Waals surface area contributed by atoms with Gasteiger partial charge in [-0.15, -0.1) is 0 Å². The molecule has 0 saturated carbocycles. The lowest BCUT2D eigenvalue weighted by molar-refractivity contribution is -0.162. The van der Waals surface area contributed by atoms with E-state index in [4.69, 9.17) is 9.97 Å². The van der Waals surface area contributed by atoms with Gasteiger partial charge in [-0.2, -0.15) is 0 Å². The van der Waals surface area contributed by atoms with Crippen LogP contribution in [0.1, 0.15) is 138 Å². The Labute approximate surface area is 251 Å². The molecule has 4 unspecified atom stereocenters. The zero-order valence-corrected chi connectivity index (χ0v) is 26.9. The van der Waals surface area contributed by atoms with Crippen LogP contribution >= 0.6 is 0 Å². The SMILES string of the molecule is CCc1c(CC)c2cc3[nH]c(cc4nc(cc5nc(cc1[nH]2)C(CC)C5CC)C(O)(CC)C4(O)CC)c(CC)c3CC. The summed E-state index contributed by atoms with van der Waals surface area (Å²) in [5.74, 6) is 0.508. The van der Waals surface area contributed by atoms with Crippen LogP contribution in [0.5, 0.6) is 0 Å². The molecule has 6 nitrogen and oxygen atoms in total. The van der Waals surface area contributed by atoms with E-state index in [0.29, 0.717) is 24.2 Å². The summed E-state index contributed by atoms with van der Waals surface area (Å²) in [6.07, 6.45) is 6.26. The molecule has 4 N–H and O–H groups in total. The summed E-state index contributed by atoms with van der Waals surface area (Å²) in [6, 6.07) is 8.51. The van der Waals surface area contributed by atoms with Gasteiger partial charge in [0.2, 0.25) is 0 Å². The molecule has 0 spiro atoms. The first-order chi connectivity index (χ1) is 20.2. The van der Waals surface area contributed by atoms with Gasteiger partial charge in [-0.25, -0.2) is 0 Å². The van der Waals surface area contributed by atoms with Crippen LogP contribution in [0.25, 0.3) is 22.1 Å². The summed E-state index contributed by atoms with van der Waals surface area (Å²) in [7, 11) is 0. The van der Waals surface area contributed by atoms with Gasteiger partial charge in [0.1, 0.15) is 11.2 Å². The first-order valence-corrected chi connectivity index (χ1v) is 16.4. The topological polar surface area (TPSA) is 97.8 Å². The highest BCUT2D eigenvalue weighted by atomic mass is 16.4. The maximum Gasteiger partial charge on any atom is 0.140 e. The molecule has 0 aromatic carbocycles. The maximum atomic E-state index is 12.2. The minimum atomic E-state index is -1.50. The van der Waals surface area contributed by atoms with Crippen molar-refractivity contribution in [3.8, 4) is 0 Å². The number of aromatic nitrogens is 4. The van der Waals surface area contributed by atoms with E-state index in [0.717, 1.165) is 72.0 Å². The predicted octanol–water partition coefficient (Wildman–Crippen LogP) is 8.15. The van der Waals surface area contributed by atoms with Crippen LogP contribution < -0.4 is 0 Å². The fourth-order valence-electron chi connectivity index (χ4n) is 7.90. The monoisotopic (exact) mass is 570 g/mol. The van der Waals surface area contributed by atoms with E-state index in [1.807, 2.05) is 26.0 Å². The van der Waals surface area contributed by atoms with E-state index in [2.05, 4.69) is 63.6 Å². The molecule has 3 aromatic heterocycles. The first kappa shape index (κ1) is 30.5. The number of aryl methyl sites for hydroxylation is 4. The third-order valence-corrected chi connectivity index (χ3v) is 10.3. The Bertz CT molecular complexity index is 1630. The highest BCUT2D eigenvalue weighted by molar-refractivity contribution is 5.79. The van der Waals surface area contributed by atoms with Crippen LogP contribution in [0.4, 0.5) is 0 Å². The summed E-state index contributed by atoms with van der Waals surface area (Å²) >= 11 is 0. The van der Waals surface area contributed by atoms with E-state index in [9.17, 15) is 10.2 Å². The third-order valence-electron chi connectivity index (χ3n) is 10.3. The Balaban J connectivity index is 2.03. The lowest BCUT2D eigenvalue weighted by Gasteiger charge is -2.36. The lowest BCUT2D eigenvalue weighted by atomic mass is 9.76. The van der Waals surface area contributed by atoms with Gasteiger partial charge < -0.3 is 20.2 Å². The molecular weight excluding hydrogens is 520 g/mol. The largest absolute Gasteiger partial charge is 0.380 e. The number of rotatable bonds is 8. The van der Waals surface area contributed by atoms with Crippen LogP contribution in [0, 0.1) is 0 Å². The summed E-state index contributed by atoms with van der Waals surface area (Å²) in [5.41, 5.74) is 9.61. The Morgan fingerprint density at radius 3 is 1.33 bits per heavy atom. The number of aliphatic hydroxyl groups is 2. The van der Waals surface area contributed by atoms with Gasteiger partial charge in [-0.3, -0.25) is 9.97 Å². The molecular formula is C36H50N4O2. The normalized spacial score (nSPS) is 24.0. The van der Waals surface area contributed by atoms with Crippen molar-refractivity contribution in [3.05, 3.63) is 69.3 Å². The molecule has 0 fully saturated rings. The number of hydrogen-bond acceptors (Lipinski definition) is 4. The van der Waals surface area contributed by atoms with Crippen LogP contribution in [-0.2, 0) is 36.9 Å². The van der Waals surface area contributed by atoms with Crippen molar-refractivity contribution in [2.75, 3.05) is 0 Å². The van der Waals surface area contributed by atoms with Crippen molar-refractivity contribution in [3.63, 3.8) is 0 Å². The fourth-order valence-corrected chi connectivity index (χ4v) is 7.90. The molecule has 2 aliphatic heterocycles. The molecule has 0 aliphatic carbocycles. The van der Waals surface area contributed by atoms with Gasteiger partial charge in [0, 0.05) is 45.3 Å².